The zero-order valence-corrected chi connectivity index (χ0v) is 48.7. The molecule has 2 aromatic carbocycles. The van der Waals surface area contributed by atoms with Crippen LogP contribution < -0.4 is 21.3 Å². The molecular formula is C60H102N6O8S. The zero-order valence-electron chi connectivity index (χ0n) is 47.9. The van der Waals surface area contributed by atoms with Crippen molar-refractivity contribution in [2.45, 2.75) is 159 Å². The Kier molecular flexibility index (Phi) is 29.8. The number of aliphatic carboxylic acids is 3. The second kappa shape index (κ2) is 34.1. The first kappa shape index (κ1) is 65.5. The maximum absolute atomic E-state index is 9.94. The number of hydrogen-bond acceptors (Lipinski definition) is 10. The molecule has 0 amide bonds. The second-order valence-electron chi connectivity index (χ2n) is 21.5. The van der Waals surface area contributed by atoms with Crippen molar-refractivity contribution < 1.29 is 39.6 Å². The smallest absolute Gasteiger partial charge is 0.303 e. The maximum atomic E-state index is 9.94. The van der Waals surface area contributed by atoms with Crippen molar-refractivity contribution in [3.8, 4) is 0 Å². The number of allylic oxidation sites excluding steroid dienone is 1. The number of nitrogens with zero attached hydrogens (tertiary/aromatic N) is 2. The summed E-state index contributed by atoms with van der Waals surface area (Å²) in [6.45, 7) is 23.9. The van der Waals surface area contributed by atoms with Gasteiger partial charge < -0.3 is 41.7 Å². The predicted molar refractivity (Wildman–Crippen MR) is 310 cm³/mol. The minimum atomic E-state index is -0.703. The van der Waals surface area contributed by atoms with E-state index in [1.54, 1.807) is 5.57 Å². The molecule has 2 aromatic rings. The molecule has 15 heteroatoms. The van der Waals surface area contributed by atoms with Gasteiger partial charge in [-0.2, -0.15) is 0 Å². The minimum Gasteiger partial charge on any atom is -0.483 e. The Morgan fingerprint density at radius 3 is 1.43 bits per heavy atom. The Hall–Kier alpha value is -3.83. The van der Waals surface area contributed by atoms with Crippen LogP contribution in [0.15, 0.2) is 60.2 Å². The lowest BCUT2D eigenvalue weighted by Gasteiger charge is -2.57. The summed E-state index contributed by atoms with van der Waals surface area (Å²) in [4.78, 5) is 43.8. The lowest BCUT2D eigenvalue weighted by Crippen LogP contribution is -2.68. The molecule has 8 aliphatic rings. The highest BCUT2D eigenvalue weighted by atomic mass is 32.3. The Bertz CT molecular complexity index is 1950. The molecule has 7 unspecified atom stereocenters. The van der Waals surface area contributed by atoms with Crippen molar-refractivity contribution in [2.75, 3.05) is 80.5 Å². The highest BCUT2D eigenvalue weighted by Crippen LogP contribution is 3.27. The zero-order chi connectivity index (χ0) is 55.6. The highest BCUT2D eigenvalue weighted by molar-refractivity contribution is 8.51. The van der Waals surface area contributed by atoms with E-state index in [2.05, 4.69) is 113 Å². The van der Waals surface area contributed by atoms with Gasteiger partial charge >= 0.3 is 17.9 Å². The van der Waals surface area contributed by atoms with Crippen LogP contribution in [0, 0.1) is 42.9 Å². The average molecular weight is 1070 g/mol. The highest BCUT2D eigenvalue weighted by Gasteiger charge is 3.19. The molecule has 4 aliphatic carbocycles. The van der Waals surface area contributed by atoms with Gasteiger partial charge in [0, 0.05) is 84.9 Å². The summed E-state index contributed by atoms with van der Waals surface area (Å²) in [7, 11) is 7.66. The monoisotopic (exact) mass is 1070 g/mol. The quantitative estimate of drug-likeness (QED) is 0.0159. The summed E-state index contributed by atoms with van der Waals surface area (Å²) in [6, 6.07) is 18.5. The number of carboxylic acid groups (broad SMARTS) is 4. The van der Waals surface area contributed by atoms with E-state index in [-0.39, 0.29) is 16.5 Å². The van der Waals surface area contributed by atoms with Crippen molar-refractivity contribution in [3.05, 3.63) is 82.4 Å². The van der Waals surface area contributed by atoms with Crippen molar-refractivity contribution >= 4 is 34.4 Å². The van der Waals surface area contributed by atoms with E-state index in [1.165, 1.54) is 101 Å². The Labute approximate surface area is 454 Å². The summed E-state index contributed by atoms with van der Waals surface area (Å²) in [5, 5.41) is 48.5. The van der Waals surface area contributed by atoms with Gasteiger partial charge in [-0.1, -0.05) is 112 Å². The van der Waals surface area contributed by atoms with Gasteiger partial charge in [0.1, 0.15) is 0 Å². The molecule has 8 fully saturated rings. The van der Waals surface area contributed by atoms with E-state index in [1.807, 2.05) is 42.0 Å². The molecule has 75 heavy (non-hydrogen) atoms. The average Bonchev–Trinajstić information content (AvgIpc) is 4.12. The van der Waals surface area contributed by atoms with Crippen LogP contribution in [0.1, 0.15) is 133 Å². The van der Waals surface area contributed by atoms with E-state index >= 15 is 0 Å². The van der Waals surface area contributed by atoms with E-state index < -0.39 is 17.9 Å². The summed E-state index contributed by atoms with van der Waals surface area (Å²) >= 11 is 0. The Morgan fingerprint density at radius 2 is 1.09 bits per heavy atom. The molecule has 4 saturated carbocycles. The molecule has 1 spiro atoms. The van der Waals surface area contributed by atoms with Crippen LogP contribution in [-0.2, 0) is 32.3 Å². The molecule has 4 saturated heterocycles. The fourth-order valence-electron chi connectivity index (χ4n) is 12.7. The third-order valence-electron chi connectivity index (χ3n) is 16.1. The number of fused-ring (bicyclic) bond motifs is 1. The number of nitrogens with one attached hydrogen (secondary N) is 4. The Morgan fingerprint density at radius 1 is 0.680 bits per heavy atom. The van der Waals surface area contributed by atoms with Crippen molar-refractivity contribution in [2.24, 2.45) is 29.1 Å². The van der Waals surface area contributed by atoms with Gasteiger partial charge in [0.2, 0.25) is 0 Å². The number of benzene rings is 2. The van der Waals surface area contributed by atoms with E-state index in [0.717, 1.165) is 101 Å². The number of carbonyl (C=O) groups is 4. The molecular weight excluding hydrogens is 965 g/mol. The number of carboxylic acids is 3. The van der Waals surface area contributed by atoms with Crippen LogP contribution >= 0.6 is 10.0 Å². The van der Waals surface area contributed by atoms with Gasteiger partial charge in [-0.05, 0) is 154 Å². The van der Waals surface area contributed by atoms with E-state index in [4.69, 9.17) is 25.2 Å². The lowest BCUT2D eigenvalue weighted by molar-refractivity contribution is -0.138. The standard InChI is InChI=1S/C33H40N2S.3C6H13NO2.C6H15N.C2H6.CH2O2/c1-20-6-4-8-23(14-20)17-34(11-10-25-26-16-22(3)27(25)26)12-13-35(18-24-9-5-7-21(2)15-24)19-33-28-29-31(33)36(29)30(28)32(33)36;3*1-7-5-3-2-4-6(8)9;1-3-4-5-6-7-2;1-2;2-1-3/h4-10,14-15,22,26-32H,11-13,16-19H2,1-3H3;3*7H,2-5H2,1H3,(H,8,9);7H,3-6H2,1-2H3;1-2H3;1H,(H,2,3)/b25-10+;;;;;;. The van der Waals surface area contributed by atoms with Crippen molar-refractivity contribution in [3.63, 3.8) is 0 Å². The molecule has 14 nitrogen and oxygen atoms in total. The number of aryl methyl sites for hydroxylation is 2. The van der Waals surface area contributed by atoms with Gasteiger partial charge in [-0.25, -0.2) is 10.0 Å². The first-order chi connectivity index (χ1) is 36.2. The van der Waals surface area contributed by atoms with Gasteiger partial charge in [-0.3, -0.25) is 29.0 Å². The van der Waals surface area contributed by atoms with Crippen LogP contribution in [0.4, 0.5) is 0 Å². The molecule has 8 N–H and O–H groups in total. The minimum absolute atomic E-state index is 0.0826. The number of unbranched alkanes of at least 4 members (excludes halogenated alkanes) is 5. The van der Waals surface area contributed by atoms with Crippen LogP contribution in [0.2, 0.25) is 0 Å². The topological polar surface area (TPSA) is 204 Å². The third kappa shape index (κ3) is 18.4. The fraction of sp³-hybridized carbons (Fsp3) is 0.700. The largest absolute Gasteiger partial charge is 0.483 e. The summed E-state index contributed by atoms with van der Waals surface area (Å²) in [6.07, 6.45) is 14.1. The van der Waals surface area contributed by atoms with Crippen molar-refractivity contribution in [1.29, 1.82) is 0 Å². The van der Waals surface area contributed by atoms with Crippen LogP contribution in [0.25, 0.3) is 0 Å². The first-order valence-corrected chi connectivity index (χ1v) is 30.4. The Balaban J connectivity index is 0.000000312. The van der Waals surface area contributed by atoms with Crippen molar-refractivity contribution in [1.82, 2.24) is 31.1 Å². The fourth-order valence-corrected chi connectivity index (χ4v) is 20.7. The van der Waals surface area contributed by atoms with Gasteiger partial charge in [0.05, 0.1) is 0 Å². The predicted octanol–water partition coefficient (Wildman–Crippen LogP) is 9.27. The molecule has 426 valence electrons. The molecule has 0 radical (unpaired) electrons. The van der Waals surface area contributed by atoms with E-state index in [0.29, 0.717) is 19.3 Å². The molecule has 0 bridgehead atoms. The van der Waals surface area contributed by atoms with Crippen LogP contribution in [0.5, 0.6) is 0 Å². The third-order valence-corrected chi connectivity index (χ3v) is 21.7. The second-order valence-corrected chi connectivity index (χ2v) is 25.2. The summed E-state index contributed by atoms with van der Waals surface area (Å²) < 4.78 is 0. The molecule has 4 heterocycles. The maximum Gasteiger partial charge on any atom is 0.303 e. The molecule has 10 rings (SSSR count). The molecule has 0 aromatic heterocycles. The summed E-state index contributed by atoms with van der Waals surface area (Å²) in [5.41, 5.74) is 8.35. The number of rotatable bonds is 30. The first-order valence-electron chi connectivity index (χ1n) is 28.5. The summed E-state index contributed by atoms with van der Waals surface area (Å²) in [5.74, 6) is 1.90. The van der Waals surface area contributed by atoms with Crippen LogP contribution in [-0.4, -0.2) is 156 Å². The van der Waals surface area contributed by atoms with Gasteiger partial charge in [0.15, 0.2) is 0 Å². The number of hydrogen-bond donors (Lipinski definition) is 8. The van der Waals surface area contributed by atoms with Gasteiger partial charge in [-0.15, -0.1) is 0 Å². The lowest BCUT2D eigenvalue weighted by atomic mass is 9.47. The van der Waals surface area contributed by atoms with Gasteiger partial charge in [0.25, 0.3) is 6.47 Å². The molecule has 4 aliphatic heterocycles. The van der Waals surface area contributed by atoms with E-state index in [9.17, 15) is 14.4 Å². The normalized spacial score (nSPS) is 27.1. The SMILES string of the molecule is CC.CCCCCNC.CNCCCCC(=O)O.CNCCCCC(=O)O.CNCCCCC(=O)O.Cc1cccc(CN(C/C=C2\C3CC(C)C23)CCN(Cc2cccc(C)c2)CC23C4C5C2S52C4C32)c1.O=CO. The molecule has 7 atom stereocenters. The van der Waals surface area contributed by atoms with Crippen LogP contribution in [0.3, 0.4) is 0 Å².